The van der Waals surface area contributed by atoms with Crippen molar-refractivity contribution in [2.45, 2.75) is 20.3 Å². The van der Waals surface area contributed by atoms with E-state index in [-0.39, 0.29) is 0 Å². The van der Waals surface area contributed by atoms with Crippen LogP contribution in [0.1, 0.15) is 20.3 Å². The standard InChI is InChI=1S/C11H15ClN2O/c1-8(2)6-11(14-15)13-10-5-3-4-9(12)7-10/h3-5,7-8,15H,6H2,1-2H3,(H,13,14). The summed E-state index contributed by atoms with van der Waals surface area (Å²) in [6, 6.07) is 7.20. The number of aliphatic imine (C=N–C) groups is 1. The summed E-state index contributed by atoms with van der Waals surface area (Å²) >= 11 is 5.83. The maximum Gasteiger partial charge on any atom is 0.126 e. The summed E-state index contributed by atoms with van der Waals surface area (Å²) in [7, 11) is 0. The van der Waals surface area contributed by atoms with Crippen LogP contribution in [0.15, 0.2) is 29.3 Å². The third-order valence-electron chi connectivity index (χ3n) is 1.80. The van der Waals surface area contributed by atoms with Crippen molar-refractivity contribution in [2.75, 3.05) is 0 Å². The Morgan fingerprint density at radius 1 is 1.53 bits per heavy atom. The van der Waals surface area contributed by atoms with Crippen LogP contribution >= 0.6 is 11.6 Å². The predicted molar refractivity (Wildman–Crippen MR) is 62.9 cm³/mol. The molecule has 1 aromatic carbocycles. The Morgan fingerprint density at radius 2 is 2.27 bits per heavy atom. The fourth-order valence-electron chi connectivity index (χ4n) is 1.20. The van der Waals surface area contributed by atoms with E-state index in [1.807, 2.05) is 12.1 Å². The first-order chi connectivity index (χ1) is 7.11. The molecule has 0 unspecified atom stereocenters. The smallest absolute Gasteiger partial charge is 0.126 e. The molecule has 3 nitrogen and oxygen atoms in total. The Kier molecular flexibility index (Phi) is 4.59. The van der Waals surface area contributed by atoms with Gasteiger partial charge in [-0.25, -0.2) is 4.99 Å². The number of halogens is 1. The zero-order valence-corrected chi connectivity index (χ0v) is 9.62. The van der Waals surface area contributed by atoms with Crippen molar-refractivity contribution in [1.29, 1.82) is 0 Å². The van der Waals surface area contributed by atoms with Crippen molar-refractivity contribution in [1.82, 2.24) is 5.48 Å². The lowest BCUT2D eigenvalue weighted by Gasteiger charge is -2.07. The minimum atomic E-state index is 0.433. The van der Waals surface area contributed by atoms with Gasteiger partial charge in [-0.3, -0.25) is 10.7 Å². The molecule has 0 spiro atoms. The maximum absolute atomic E-state index is 8.89. The molecule has 0 saturated carbocycles. The molecule has 4 heteroatoms. The summed E-state index contributed by atoms with van der Waals surface area (Å²) in [5.74, 6) is 0.981. The molecule has 0 aliphatic carbocycles. The lowest BCUT2D eigenvalue weighted by Crippen LogP contribution is -2.20. The average Bonchev–Trinajstić information content (AvgIpc) is 2.16. The van der Waals surface area contributed by atoms with Gasteiger partial charge in [0.25, 0.3) is 0 Å². The minimum Gasteiger partial charge on any atom is -0.290 e. The van der Waals surface area contributed by atoms with Crippen molar-refractivity contribution in [3.63, 3.8) is 0 Å². The number of benzene rings is 1. The van der Waals surface area contributed by atoms with E-state index in [1.54, 1.807) is 12.1 Å². The van der Waals surface area contributed by atoms with E-state index >= 15 is 0 Å². The highest BCUT2D eigenvalue weighted by atomic mass is 35.5. The highest BCUT2D eigenvalue weighted by Crippen LogP contribution is 2.18. The molecular formula is C11H15ClN2O. The summed E-state index contributed by atoms with van der Waals surface area (Å²) in [5, 5.41) is 9.53. The Morgan fingerprint density at radius 3 is 2.80 bits per heavy atom. The van der Waals surface area contributed by atoms with Crippen molar-refractivity contribution in [3.05, 3.63) is 29.3 Å². The Balaban J connectivity index is 2.83. The van der Waals surface area contributed by atoms with Crippen molar-refractivity contribution in [2.24, 2.45) is 10.9 Å². The summed E-state index contributed by atoms with van der Waals surface area (Å²) in [6.07, 6.45) is 0.697. The third kappa shape index (κ3) is 4.32. The largest absolute Gasteiger partial charge is 0.290 e. The van der Waals surface area contributed by atoms with Crippen LogP contribution in [0.4, 0.5) is 5.69 Å². The topological polar surface area (TPSA) is 44.6 Å². The number of hydrogen-bond donors (Lipinski definition) is 2. The number of nitrogens with zero attached hydrogens (tertiary/aromatic N) is 1. The zero-order chi connectivity index (χ0) is 11.3. The Labute approximate surface area is 94.8 Å². The van der Waals surface area contributed by atoms with Crippen LogP contribution in [-0.2, 0) is 0 Å². The molecule has 0 aliphatic heterocycles. The van der Waals surface area contributed by atoms with Gasteiger partial charge in [-0.2, -0.15) is 0 Å². The fraction of sp³-hybridized carbons (Fsp3) is 0.364. The lowest BCUT2D eigenvalue weighted by atomic mass is 10.1. The summed E-state index contributed by atoms with van der Waals surface area (Å²) in [6.45, 7) is 4.12. The lowest BCUT2D eigenvalue weighted by molar-refractivity contribution is 0.230. The molecule has 0 amide bonds. The van der Waals surface area contributed by atoms with E-state index in [0.717, 1.165) is 5.69 Å². The number of hydrogen-bond acceptors (Lipinski definition) is 2. The molecule has 1 rings (SSSR count). The monoisotopic (exact) mass is 226 g/mol. The Bertz CT molecular complexity index is 350. The molecule has 0 fully saturated rings. The highest BCUT2D eigenvalue weighted by Gasteiger charge is 2.02. The van der Waals surface area contributed by atoms with E-state index in [1.165, 1.54) is 0 Å². The first-order valence-electron chi connectivity index (χ1n) is 4.85. The molecule has 0 radical (unpaired) electrons. The van der Waals surface area contributed by atoms with Crippen LogP contribution in [0.5, 0.6) is 0 Å². The van der Waals surface area contributed by atoms with Crippen molar-refractivity contribution < 1.29 is 5.21 Å². The molecular weight excluding hydrogens is 212 g/mol. The Hall–Kier alpha value is -1.06. The number of hydroxylamine groups is 1. The van der Waals surface area contributed by atoms with E-state index in [2.05, 4.69) is 24.3 Å². The average molecular weight is 227 g/mol. The number of rotatable bonds is 3. The SMILES string of the molecule is CC(C)CC(=Nc1cccc(Cl)c1)NO. The van der Waals surface area contributed by atoms with Crippen molar-refractivity contribution in [3.8, 4) is 0 Å². The maximum atomic E-state index is 8.89. The fourth-order valence-corrected chi connectivity index (χ4v) is 1.39. The molecule has 1 aromatic rings. The van der Waals surface area contributed by atoms with Crippen LogP contribution in [0.3, 0.4) is 0 Å². The summed E-state index contributed by atoms with van der Waals surface area (Å²) in [4.78, 5) is 4.25. The normalized spacial score (nSPS) is 11.9. The van der Waals surface area contributed by atoms with Gasteiger partial charge in [-0.15, -0.1) is 0 Å². The van der Waals surface area contributed by atoms with Crippen LogP contribution in [0, 0.1) is 5.92 Å². The second kappa shape index (κ2) is 5.73. The predicted octanol–water partition coefficient (Wildman–Crippen LogP) is 3.39. The van der Waals surface area contributed by atoms with Gasteiger partial charge < -0.3 is 0 Å². The molecule has 0 heterocycles. The molecule has 0 saturated heterocycles. The van der Waals surface area contributed by atoms with Gasteiger partial charge in [0, 0.05) is 11.4 Å². The van der Waals surface area contributed by atoms with Gasteiger partial charge in [-0.1, -0.05) is 31.5 Å². The number of nitrogens with one attached hydrogen (secondary N) is 1. The second-order valence-corrected chi connectivity index (χ2v) is 4.18. The van der Waals surface area contributed by atoms with Crippen LogP contribution in [-0.4, -0.2) is 11.0 Å². The molecule has 82 valence electrons. The van der Waals surface area contributed by atoms with Crippen molar-refractivity contribution >= 4 is 23.1 Å². The van der Waals surface area contributed by atoms with Crippen LogP contribution in [0.2, 0.25) is 5.02 Å². The minimum absolute atomic E-state index is 0.433. The van der Waals surface area contributed by atoms with E-state index in [9.17, 15) is 0 Å². The van der Waals surface area contributed by atoms with Gasteiger partial charge in [0.05, 0.1) is 5.69 Å². The summed E-state index contributed by atoms with van der Waals surface area (Å²) < 4.78 is 0. The van der Waals surface area contributed by atoms with E-state index < -0.39 is 0 Å². The second-order valence-electron chi connectivity index (χ2n) is 3.75. The molecule has 0 aromatic heterocycles. The third-order valence-corrected chi connectivity index (χ3v) is 2.04. The van der Waals surface area contributed by atoms with Gasteiger partial charge in [0.15, 0.2) is 0 Å². The first-order valence-corrected chi connectivity index (χ1v) is 5.23. The van der Waals surface area contributed by atoms with Gasteiger partial charge in [0.2, 0.25) is 0 Å². The van der Waals surface area contributed by atoms with E-state index in [0.29, 0.717) is 23.2 Å². The zero-order valence-electron chi connectivity index (χ0n) is 8.87. The number of amidine groups is 1. The molecule has 2 N–H and O–H groups in total. The van der Waals surface area contributed by atoms with Gasteiger partial charge >= 0.3 is 0 Å². The molecule has 0 bridgehead atoms. The highest BCUT2D eigenvalue weighted by molar-refractivity contribution is 6.30. The summed E-state index contributed by atoms with van der Waals surface area (Å²) in [5.41, 5.74) is 2.84. The molecule has 0 aliphatic rings. The molecule has 15 heavy (non-hydrogen) atoms. The first kappa shape index (κ1) is 12.0. The van der Waals surface area contributed by atoms with Crippen LogP contribution < -0.4 is 5.48 Å². The van der Waals surface area contributed by atoms with Crippen LogP contribution in [0.25, 0.3) is 0 Å². The van der Waals surface area contributed by atoms with Gasteiger partial charge in [0.1, 0.15) is 5.84 Å². The van der Waals surface area contributed by atoms with E-state index in [4.69, 9.17) is 16.8 Å². The molecule has 0 atom stereocenters. The van der Waals surface area contributed by atoms with Gasteiger partial charge in [-0.05, 0) is 24.1 Å². The quantitative estimate of drug-likeness (QED) is 0.471.